The van der Waals surface area contributed by atoms with E-state index in [0.717, 1.165) is 26.2 Å². The predicted molar refractivity (Wildman–Crippen MR) is 68.5 cm³/mol. The van der Waals surface area contributed by atoms with Crippen molar-refractivity contribution in [2.24, 2.45) is 0 Å². The molecule has 1 atom stereocenters. The van der Waals surface area contributed by atoms with E-state index in [1.165, 1.54) is 0 Å². The first-order valence-corrected chi connectivity index (χ1v) is 6.27. The Labute approximate surface area is 99.8 Å². The molecule has 1 amide bonds. The van der Waals surface area contributed by atoms with Crippen LogP contribution in [0.2, 0.25) is 0 Å². The second-order valence-corrected chi connectivity index (χ2v) is 4.37. The molecule has 0 aliphatic rings. The Bertz CT molecular complexity index is 191. The molecular weight excluding hydrogens is 202 g/mol. The van der Waals surface area contributed by atoms with E-state index in [1.54, 1.807) is 0 Å². The summed E-state index contributed by atoms with van der Waals surface area (Å²) in [5, 5.41) is 6.13. The number of hydrogen-bond acceptors (Lipinski definition) is 3. The van der Waals surface area contributed by atoms with Crippen molar-refractivity contribution < 1.29 is 4.79 Å². The molecule has 0 radical (unpaired) electrons. The summed E-state index contributed by atoms with van der Waals surface area (Å²) in [6, 6.07) is 0.0949. The number of carbonyl (C=O) groups is 1. The number of rotatable bonds is 8. The smallest absolute Gasteiger partial charge is 0.237 e. The summed E-state index contributed by atoms with van der Waals surface area (Å²) in [4.78, 5) is 13.9. The predicted octanol–water partition coefficient (Wildman–Crippen LogP) is 0.831. The van der Waals surface area contributed by atoms with Gasteiger partial charge in [0.15, 0.2) is 0 Å². The van der Waals surface area contributed by atoms with Gasteiger partial charge in [0, 0.05) is 19.1 Å². The highest BCUT2D eigenvalue weighted by Crippen LogP contribution is 1.88. The van der Waals surface area contributed by atoms with Crippen LogP contribution in [0.4, 0.5) is 0 Å². The fraction of sp³-hybridized carbons (Fsp3) is 0.917. The molecule has 0 aliphatic carbocycles. The van der Waals surface area contributed by atoms with E-state index in [-0.39, 0.29) is 18.0 Å². The molecule has 2 N–H and O–H groups in total. The Morgan fingerprint density at radius 3 is 2.19 bits per heavy atom. The van der Waals surface area contributed by atoms with E-state index in [4.69, 9.17) is 0 Å². The molecule has 0 fully saturated rings. The standard InChI is InChI=1S/C12H27N3O/c1-6-15(7-2)9-8-13-11(5)12(16)14-10(3)4/h10-11,13H,6-9H2,1-5H3,(H,14,16). The van der Waals surface area contributed by atoms with E-state index in [0.29, 0.717) is 0 Å². The summed E-state index contributed by atoms with van der Waals surface area (Å²) in [6.07, 6.45) is 0. The Hall–Kier alpha value is -0.610. The SMILES string of the molecule is CCN(CC)CCNC(C)C(=O)NC(C)C. The molecule has 1 unspecified atom stereocenters. The lowest BCUT2D eigenvalue weighted by Gasteiger charge is -2.20. The maximum atomic E-state index is 11.6. The molecule has 0 saturated heterocycles. The molecule has 0 heterocycles. The van der Waals surface area contributed by atoms with Crippen molar-refractivity contribution in [1.29, 1.82) is 0 Å². The maximum absolute atomic E-state index is 11.6. The van der Waals surface area contributed by atoms with E-state index >= 15 is 0 Å². The molecule has 0 bridgehead atoms. The van der Waals surface area contributed by atoms with E-state index in [2.05, 4.69) is 29.4 Å². The average molecular weight is 229 g/mol. The monoisotopic (exact) mass is 229 g/mol. The van der Waals surface area contributed by atoms with Gasteiger partial charge in [-0.1, -0.05) is 13.8 Å². The molecule has 96 valence electrons. The van der Waals surface area contributed by atoms with Crippen molar-refractivity contribution in [2.45, 2.75) is 46.7 Å². The van der Waals surface area contributed by atoms with Crippen LogP contribution in [-0.2, 0) is 4.79 Å². The van der Waals surface area contributed by atoms with Gasteiger partial charge in [-0.2, -0.15) is 0 Å². The van der Waals surface area contributed by atoms with Crippen LogP contribution < -0.4 is 10.6 Å². The van der Waals surface area contributed by atoms with Crippen LogP contribution >= 0.6 is 0 Å². The summed E-state index contributed by atoms with van der Waals surface area (Å²) in [7, 11) is 0. The van der Waals surface area contributed by atoms with Crippen molar-refractivity contribution in [1.82, 2.24) is 15.5 Å². The summed E-state index contributed by atoms with van der Waals surface area (Å²) in [6.45, 7) is 14.1. The maximum Gasteiger partial charge on any atom is 0.237 e. The van der Waals surface area contributed by atoms with Crippen LogP contribution in [0.1, 0.15) is 34.6 Å². The van der Waals surface area contributed by atoms with E-state index in [1.807, 2.05) is 20.8 Å². The molecule has 16 heavy (non-hydrogen) atoms. The normalized spacial score (nSPS) is 13.2. The highest BCUT2D eigenvalue weighted by molar-refractivity contribution is 5.81. The second kappa shape index (κ2) is 8.53. The van der Waals surface area contributed by atoms with Gasteiger partial charge in [0.1, 0.15) is 0 Å². The highest BCUT2D eigenvalue weighted by atomic mass is 16.2. The third-order valence-corrected chi connectivity index (χ3v) is 2.60. The minimum Gasteiger partial charge on any atom is -0.353 e. The van der Waals surface area contributed by atoms with Crippen LogP contribution in [-0.4, -0.2) is 49.1 Å². The summed E-state index contributed by atoms with van der Waals surface area (Å²) < 4.78 is 0. The number of likely N-dealkylation sites (N-methyl/N-ethyl adjacent to an activating group) is 1. The van der Waals surface area contributed by atoms with Gasteiger partial charge >= 0.3 is 0 Å². The molecule has 4 heteroatoms. The van der Waals surface area contributed by atoms with Gasteiger partial charge in [-0.15, -0.1) is 0 Å². The van der Waals surface area contributed by atoms with Gasteiger partial charge in [0.25, 0.3) is 0 Å². The number of nitrogens with one attached hydrogen (secondary N) is 2. The summed E-state index contributed by atoms with van der Waals surface area (Å²) in [5.41, 5.74) is 0. The van der Waals surface area contributed by atoms with Gasteiger partial charge in [0.2, 0.25) is 5.91 Å². The molecule has 0 aromatic heterocycles. The van der Waals surface area contributed by atoms with Crippen LogP contribution in [0, 0.1) is 0 Å². The quantitative estimate of drug-likeness (QED) is 0.648. The largest absolute Gasteiger partial charge is 0.353 e. The van der Waals surface area contributed by atoms with Gasteiger partial charge in [-0.3, -0.25) is 4.79 Å². The molecule has 0 saturated carbocycles. The molecular formula is C12H27N3O. The number of hydrogen-bond donors (Lipinski definition) is 2. The fourth-order valence-electron chi connectivity index (χ4n) is 1.48. The Kier molecular flexibility index (Phi) is 8.21. The number of carbonyl (C=O) groups excluding carboxylic acids is 1. The van der Waals surface area contributed by atoms with Crippen molar-refractivity contribution in [3.8, 4) is 0 Å². The fourth-order valence-corrected chi connectivity index (χ4v) is 1.48. The van der Waals surface area contributed by atoms with Crippen LogP contribution in [0.25, 0.3) is 0 Å². The third kappa shape index (κ3) is 6.80. The highest BCUT2D eigenvalue weighted by Gasteiger charge is 2.12. The van der Waals surface area contributed by atoms with Gasteiger partial charge in [-0.05, 0) is 33.9 Å². The number of nitrogens with zero attached hydrogens (tertiary/aromatic N) is 1. The minimum absolute atomic E-state index is 0.0783. The molecule has 0 spiro atoms. The third-order valence-electron chi connectivity index (χ3n) is 2.60. The lowest BCUT2D eigenvalue weighted by molar-refractivity contribution is -0.123. The topological polar surface area (TPSA) is 44.4 Å². The zero-order chi connectivity index (χ0) is 12.6. The Morgan fingerprint density at radius 1 is 1.19 bits per heavy atom. The molecule has 4 nitrogen and oxygen atoms in total. The van der Waals surface area contributed by atoms with Crippen molar-refractivity contribution >= 4 is 5.91 Å². The van der Waals surface area contributed by atoms with Crippen LogP contribution in [0.3, 0.4) is 0 Å². The Morgan fingerprint density at radius 2 is 1.75 bits per heavy atom. The summed E-state index contributed by atoms with van der Waals surface area (Å²) in [5.74, 6) is 0.0783. The summed E-state index contributed by atoms with van der Waals surface area (Å²) >= 11 is 0. The van der Waals surface area contributed by atoms with Gasteiger partial charge in [0.05, 0.1) is 6.04 Å². The van der Waals surface area contributed by atoms with Gasteiger partial charge < -0.3 is 15.5 Å². The average Bonchev–Trinajstić information content (AvgIpc) is 2.23. The van der Waals surface area contributed by atoms with Crippen LogP contribution in [0.5, 0.6) is 0 Å². The van der Waals surface area contributed by atoms with Crippen LogP contribution in [0.15, 0.2) is 0 Å². The molecule has 0 aliphatic heterocycles. The van der Waals surface area contributed by atoms with Crippen molar-refractivity contribution in [3.05, 3.63) is 0 Å². The van der Waals surface area contributed by atoms with Gasteiger partial charge in [-0.25, -0.2) is 0 Å². The first-order chi connectivity index (χ1) is 7.51. The first kappa shape index (κ1) is 15.4. The van der Waals surface area contributed by atoms with Crippen molar-refractivity contribution in [2.75, 3.05) is 26.2 Å². The van der Waals surface area contributed by atoms with E-state index in [9.17, 15) is 4.79 Å². The first-order valence-electron chi connectivity index (χ1n) is 6.27. The molecule has 0 aromatic carbocycles. The minimum atomic E-state index is -0.113. The van der Waals surface area contributed by atoms with Crippen molar-refractivity contribution in [3.63, 3.8) is 0 Å². The van der Waals surface area contributed by atoms with E-state index < -0.39 is 0 Å². The zero-order valence-corrected chi connectivity index (χ0v) is 11.3. The number of amides is 1. The lowest BCUT2D eigenvalue weighted by atomic mass is 10.3. The molecule has 0 aromatic rings. The molecule has 0 rings (SSSR count). The Balaban J connectivity index is 3.71. The zero-order valence-electron chi connectivity index (χ0n) is 11.3. The second-order valence-electron chi connectivity index (χ2n) is 4.37. The lowest BCUT2D eigenvalue weighted by Crippen LogP contribution is -2.46.